The number of carbonyl (C=O) groups is 1. The van der Waals surface area contributed by atoms with E-state index in [-0.39, 0.29) is 17.3 Å². The second-order valence-corrected chi connectivity index (χ2v) is 9.70. The van der Waals surface area contributed by atoms with Crippen LogP contribution >= 0.6 is 0 Å². The van der Waals surface area contributed by atoms with Gasteiger partial charge >= 0.3 is 0 Å². The third-order valence-electron chi connectivity index (χ3n) is 5.70. The van der Waals surface area contributed by atoms with Gasteiger partial charge in [-0.2, -0.15) is 4.31 Å². The number of hydrogen-bond acceptors (Lipinski definition) is 4. The Labute approximate surface area is 177 Å². The normalized spacial score (nSPS) is 17.7. The van der Waals surface area contributed by atoms with Crippen molar-refractivity contribution in [2.45, 2.75) is 31.6 Å². The molecule has 1 saturated heterocycles. The van der Waals surface area contributed by atoms with Crippen LogP contribution in [0.25, 0.3) is 10.9 Å². The third-order valence-corrected chi connectivity index (χ3v) is 7.59. The molecule has 30 heavy (non-hydrogen) atoms. The molecule has 0 unspecified atom stereocenters. The van der Waals surface area contributed by atoms with Gasteiger partial charge in [0.15, 0.2) is 0 Å². The number of benzene rings is 2. The first kappa shape index (κ1) is 20.5. The lowest BCUT2D eigenvalue weighted by Crippen LogP contribution is -2.43. The summed E-state index contributed by atoms with van der Waals surface area (Å²) >= 11 is 0. The fraction of sp³-hybridized carbons (Fsp3) is 0.304. The van der Waals surface area contributed by atoms with Gasteiger partial charge < -0.3 is 5.32 Å². The molecule has 2 aromatic carbocycles. The lowest BCUT2D eigenvalue weighted by Gasteiger charge is -2.31. The van der Waals surface area contributed by atoms with Crippen molar-refractivity contribution in [1.82, 2.24) is 9.29 Å². The van der Waals surface area contributed by atoms with Crippen LogP contribution in [-0.4, -0.2) is 36.7 Å². The highest BCUT2D eigenvalue weighted by Gasteiger charge is 2.34. The average molecular weight is 424 g/mol. The predicted octanol–water partition coefficient (Wildman–Crippen LogP) is 3.89. The number of rotatable bonds is 4. The summed E-state index contributed by atoms with van der Waals surface area (Å²) in [4.78, 5) is 17.4. The fourth-order valence-electron chi connectivity index (χ4n) is 4.04. The molecule has 0 saturated carbocycles. The summed E-state index contributed by atoms with van der Waals surface area (Å²) in [5.41, 5.74) is 3.25. The van der Waals surface area contributed by atoms with Gasteiger partial charge in [0.05, 0.1) is 11.4 Å². The van der Waals surface area contributed by atoms with Crippen LogP contribution in [0.4, 0.5) is 5.69 Å². The molecular formula is C23H25N3O3S. The second-order valence-electron chi connectivity index (χ2n) is 7.79. The Balaban J connectivity index is 1.58. The number of pyridine rings is 1. The molecule has 156 valence electrons. The summed E-state index contributed by atoms with van der Waals surface area (Å²) in [6.45, 7) is 4.47. The average Bonchev–Trinajstić information content (AvgIpc) is 2.76. The number of piperidine rings is 1. The van der Waals surface area contributed by atoms with Crippen molar-refractivity contribution < 1.29 is 13.2 Å². The summed E-state index contributed by atoms with van der Waals surface area (Å²) in [6, 6.07) is 14.6. The van der Waals surface area contributed by atoms with Crippen LogP contribution in [0.1, 0.15) is 24.0 Å². The zero-order valence-electron chi connectivity index (χ0n) is 17.1. The second kappa shape index (κ2) is 8.16. The van der Waals surface area contributed by atoms with Gasteiger partial charge in [0, 0.05) is 30.4 Å². The Morgan fingerprint density at radius 3 is 2.53 bits per heavy atom. The maximum atomic E-state index is 13.4. The molecule has 1 fully saturated rings. The van der Waals surface area contributed by atoms with E-state index in [2.05, 4.69) is 10.3 Å². The number of sulfonamides is 1. The van der Waals surface area contributed by atoms with E-state index < -0.39 is 15.9 Å². The van der Waals surface area contributed by atoms with Gasteiger partial charge in [-0.1, -0.05) is 36.4 Å². The minimum Gasteiger partial charge on any atom is -0.325 e. The fourth-order valence-corrected chi connectivity index (χ4v) is 5.72. The summed E-state index contributed by atoms with van der Waals surface area (Å²) in [6.07, 6.45) is 2.90. The summed E-state index contributed by atoms with van der Waals surface area (Å²) < 4.78 is 28.2. The number of para-hydroxylation sites is 2. The van der Waals surface area contributed by atoms with Gasteiger partial charge in [0.25, 0.3) is 0 Å². The highest BCUT2D eigenvalue weighted by Crippen LogP contribution is 2.29. The quantitative estimate of drug-likeness (QED) is 0.690. The zero-order valence-corrected chi connectivity index (χ0v) is 17.9. The minimum atomic E-state index is -3.75. The smallest absolute Gasteiger partial charge is 0.245 e. The van der Waals surface area contributed by atoms with Crippen molar-refractivity contribution in [2.24, 2.45) is 5.92 Å². The molecule has 2 heterocycles. The van der Waals surface area contributed by atoms with Crippen molar-refractivity contribution >= 4 is 32.5 Å². The molecule has 6 nitrogen and oxygen atoms in total. The van der Waals surface area contributed by atoms with E-state index >= 15 is 0 Å². The molecule has 0 spiro atoms. The van der Waals surface area contributed by atoms with Crippen LogP contribution in [0.2, 0.25) is 0 Å². The molecule has 0 aliphatic carbocycles. The van der Waals surface area contributed by atoms with Crippen molar-refractivity contribution in [3.63, 3.8) is 0 Å². The molecule has 3 aromatic rings. The van der Waals surface area contributed by atoms with Gasteiger partial charge in [-0.3, -0.25) is 9.78 Å². The Bertz CT molecular complexity index is 1180. The molecule has 7 heteroatoms. The number of nitrogens with one attached hydrogen (secondary N) is 1. The van der Waals surface area contributed by atoms with Crippen LogP contribution in [0.15, 0.2) is 59.6 Å². The number of carbonyl (C=O) groups excluding carboxylic acids is 1. The maximum Gasteiger partial charge on any atom is 0.245 e. The van der Waals surface area contributed by atoms with E-state index in [1.165, 1.54) is 4.31 Å². The van der Waals surface area contributed by atoms with Gasteiger partial charge in [0.1, 0.15) is 4.90 Å². The first-order valence-corrected chi connectivity index (χ1v) is 11.5. The highest BCUT2D eigenvalue weighted by atomic mass is 32.2. The van der Waals surface area contributed by atoms with Crippen molar-refractivity contribution in [1.29, 1.82) is 0 Å². The molecule has 1 atom stereocenters. The molecular weight excluding hydrogens is 398 g/mol. The number of aryl methyl sites for hydroxylation is 2. The lowest BCUT2D eigenvalue weighted by atomic mass is 9.98. The van der Waals surface area contributed by atoms with E-state index in [0.29, 0.717) is 24.9 Å². The van der Waals surface area contributed by atoms with Crippen LogP contribution in [-0.2, 0) is 14.8 Å². The number of nitrogens with zero attached hydrogens (tertiary/aromatic N) is 2. The molecule has 4 rings (SSSR count). The van der Waals surface area contributed by atoms with E-state index in [4.69, 9.17) is 0 Å². The van der Waals surface area contributed by atoms with E-state index in [9.17, 15) is 13.2 Å². The van der Waals surface area contributed by atoms with Crippen molar-refractivity contribution in [3.8, 4) is 0 Å². The van der Waals surface area contributed by atoms with E-state index in [1.807, 2.05) is 44.2 Å². The van der Waals surface area contributed by atoms with Crippen LogP contribution in [0.3, 0.4) is 0 Å². The lowest BCUT2D eigenvalue weighted by molar-refractivity contribution is -0.120. The Morgan fingerprint density at radius 2 is 1.77 bits per heavy atom. The van der Waals surface area contributed by atoms with E-state index in [1.54, 1.807) is 24.4 Å². The summed E-state index contributed by atoms with van der Waals surface area (Å²) in [7, 11) is -3.75. The standard InChI is InChI=1S/C23H25N3O3S/c1-16-7-3-8-17(2)21(16)25-23(27)19-11-6-14-26(15-19)30(28,29)20-12-4-9-18-10-5-13-24-22(18)20/h3-5,7-10,12-13,19H,6,11,14-15H2,1-2H3,(H,25,27)/t19-/m1/s1. The first-order valence-electron chi connectivity index (χ1n) is 10.1. The number of hydrogen-bond donors (Lipinski definition) is 1. The van der Waals surface area contributed by atoms with Crippen LogP contribution in [0, 0.1) is 19.8 Å². The monoisotopic (exact) mass is 423 g/mol. The number of anilines is 1. The minimum absolute atomic E-state index is 0.136. The van der Waals surface area contributed by atoms with Gasteiger partial charge in [-0.25, -0.2) is 8.42 Å². The number of amides is 1. The Kier molecular flexibility index (Phi) is 5.58. The molecule has 0 bridgehead atoms. The summed E-state index contributed by atoms with van der Waals surface area (Å²) in [5, 5.41) is 3.79. The third kappa shape index (κ3) is 3.82. The first-order chi connectivity index (χ1) is 14.4. The van der Waals surface area contributed by atoms with Crippen molar-refractivity contribution in [2.75, 3.05) is 18.4 Å². The Hall–Kier alpha value is -2.77. The molecule has 1 N–H and O–H groups in total. The van der Waals surface area contributed by atoms with Gasteiger partial charge in [0.2, 0.25) is 15.9 Å². The topological polar surface area (TPSA) is 79.4 Å². The number of aromatic nitrogens is 1. The zero-order chi connectivity index (χ0) is 21.3. The molecule has 1 aliphatic heterocycles. The van der Waals surface area contributed by atoms with Gasteiger partial charge in [-0.05, 0) is 49.9 Å². The van der Waals surface area contributed by atoms with E-state index in [0.717, 1.165) is 22.2 Å². The number of fused-ring (bicyclic) bond motifs is 1. The summed E-state index contributed by atoms with van der Waals surface area (Å²) in [5.74, 6) is -0.529. The predicted molar refractivity (Wildman–Crippen MR) is 118 cm³/mol. The SMILES string of the molecule is Cc1cccc(C)c1NC(=O)[C@@H]1CCCN(S(=O)(=O)c2cccc3cccnc23)C1. The van der Waals surface area contributed by atoms with Crippen molar-refractivity contribution in [3.05, 3.63) is 65.9 Å². The molecule has 1 amide bonds. The van der Waals surface area contributed by atoms with Crippen LogP contribution < -0.4 is 5.32 Å². The Morgan fingerprint density at radius 1 is 1.07 bits per heavy atom. The largest absolute Gasteiger partial charge is 0.325 e. The molecule has 1 aliphatic rings. The maximum absolute atomic E-state index is 13.4. The molecule has 0 radical (unpaired) electrons. The van der Waals surface area contributed by atoms with Gasteiger partial charge in [-0.15, -0.1) is 0 Å². The molecule has 1 aromatic heterocycles. The van der Waals surface area contributed by atoms with Crippen LogP contribution in [0.5, 0.6) is 0 Å². The highest BCUT2D eigenvalue weighted by molar-refractivity contribution is 7.89.